The van der Waals surface area contributed by atoms with E-state index in [1.807, 2.05) is 6.08 Å². The number of ether oxygens (including phenoxy) is 2. The SMILES string of the molecule is OC(CN1CCOCC1)C1=CCCO1. The van der Waals surface area contributed by atoms with E-state index in [4.69, 9.17) is 9.47 Å². The molecule has 0 aliphatic carbocycles. The van der Waals surface area contributed by atoms with Crippen LogP contribution >= 0.6 is 0 Å². The minimum absolute atomic E-state index is 0.462. The van der Waals surface area contributed by atoms with E-state index in [0.29, 0.717) is 6.54 Å². The molecule has 1 N–H and O–H groups in total. The van der Waals surface area contributed by atoms with Gasteiger partial charge in [0.25, 0.3) is 0 Å². The molecule has 0 spiro atoms. The van der Waals surface area contributed by atoms with Gasteiger partial charge < -0.3 is 14.6 Å². The molecular weight excluding hydrogens is 182 g/mol. The van der Waals surface area contributed by atoms with Gasteiger partial charge in [0, 0.05) is 26.1 Å². The van der Waals surface area contributed by atoms with Crippen molar-refractivity contribution in [2.45, 2.75) is 12.5 Å². The molecule has 4 heteroatoms. The van der Waals surface area contributed by atoms with Crippen molar-refractivity contribution in [1.82, 2.24) is 4.90 Å². The smallest absolute Gasteiger partial charge is 0.123 e. The van der Waals surface area contributed by atoms with Crippen LogP contribution in [0.25, 0.3) is 0 Å². The Hall–Kier alpha value is -0.580. The molecule has 1 unspecified atom stereocenters. The van der Waals surface area contributed by atoms with Gasteiger partial charge in [0.15, 0.2) is 0 Å². The van der Waals surface area contributed by atoms with Crippen LogP contribution in [0, 0.1) is 0 Å². The molecule has 0 saturated carbocycles. The van der Waals surface area contributed by atoms with Crippen molar-refractivity contribution < 1.29 is 14.6 Å². The van der Waals surface area contributed by atoms with E-state index in [1.54, 1.807) is 0 Å². The summed E-state index contributed by atoms with van der Waals surface area (Å²) in [7, 11) is 0. The maximum Gasteiger partial charge on any atom is 0.123 e. The van der Waals surface area contributed by atoms with Crippen molar-refractivity contribution in [3.8, 4) is 0 Å². The largest absolute Gasteiger partial charge is 0.495 e. The lowest BCUT2D eigenvalue weighted by Gasteiger charge is -2.28. The third kappa shape index (κ3) is 2.47. The van der Waals surface area contributed by atoms with Crippen molar-refractivity contribution in [3.63, 3.8) is 0 Å². The molecule has 0 aromatic rings. The highest BCUT2D eigenvalue weighted by atomic mass is 16.5. The van der Waals surface area contributed by atoms with E-state index in [9.17, 15) is 5.11 Å². The van der Waals surface area contributed by atoms with Gasteiger partial charge in [0.1, 0.15) is 11.9 Å². The minimum Gasteiger partial charge on any atom is -0.495 e. The van der Waals surface area contributed by atoms with Gasteiger partial charge in [-0.3, -0.25) is 4.90 Å². The van der Waals surface area contributed by atoms with E-state index < -0.39 is 6.10 Å². The number of hydrogen-bond acceptors (Lipinski definition) is 4. The molecule has 0 amide bonds. The Labute approximate surface area is 84.1 Å². The Kier molecular flexibility index (Phi) is 3.39. The molecule has 1 atom stereocenters. The van der Waals surface area contributed by atoms with Crippen LogP contribution in [0.5, 0.6) is 0 Å². The Morgan fingerprint density at radius 1 is 1.36 bits per heavy atom. The van der Waals surface area contributed by atoms with Crippen LogP contribution in [0.15, 0.2) is 11.8 Å². The van der Waals surface area contributed by atoms with Crippen LogP contribution in [0.1, 0.15) is 6.42 Å². The summed E-state index contributed by atoms with van der Waals surface area (Å²) in [5, 5.41) is 9.83. The second-order valence-electron chi connectivity index (χ2n) is 3.67. The highest BCUT2D eigenvalue weighted by Gasteiger charge is 2.20. The average Bonchev–Trinajstić information content (AvgIpc) is 2.72. The average molecular weight is 199 g/mol. The summed E-state index contributed by atoms with van der Waals surface area (Å²) < 4.78 is 10.5. The fourth-order valence-corrected chi connectivity index (χ4v) is 1.79. The molecule has 0 aromatic heterocycles. The van der Waals surface area contributed by atoms with Gasteiger partial charge in [-0.15, -0.1) is 0 Å². The van der Waals surface area contributed by atoms with Crippen LogP contribution in [0.3, 0.4) is 0 Å². The number of rotatable bonds is 3. The van der Waals surface area contributed by atoms with E-state index in [0.717, 1.165) is 45.1 Å². The summed E-state index contributed by atoms with van der Waals surface area (Å²) in [6, 6.07) is 0. The molecular formula is C10H17NO3. The predicted octanol–water partition coefficient (Wildman–Crippen LogP) is -0.0163. The van der Waals surface area contributed by atoms with E-state index >= 15 is 0 Å². The zero-order valence-corrected chi connectivity index (χ0v) is 8.32. The number of aliphatic hydroxyl groups is 1. The zero-order chi connectivity index (χ0) is 9.80. The van der Waals surface area contributed by atoms with Crippen LogP contribution < -0.4 is 0 Å². The van der Waals surface area contributed by atoms with Crippen molar-refractivity contribution in [2.75, 3.05) is 39.5 Å². The van der Waals surface area contributed by atoms with Gasteiger partial charge in [0.2, 0.25) is 0 Å². The summed E-state index contributed by atoms with van der Waals surface area (Å²) >= 11 is 0. The molecule has 1 fully saturated rings. The monoisotopic (exact) mass is 199 g/mol. The highest BCUT2D eigenvalue weighted by Crippen LogP contribution is 2.14. The quantitative estimate of drug-likeness (QED) is 0.694. The summed E-state index contributed by atoms with van der Waals surface area (Å²) in [4.78, 5) is 2.21. The Bertz CT molecular complexity index is 211. The molecule has 1 saturated heterocycles. The number of aliphatic hydroxyl groups excluding tert-OH is 1. The van der Waals surface area contributed by atoms with Gasteiger partial charge in [0.05, 0.1) is 19.8 Å². The Morgan fingerprint density at radius 2 is 2.14 bits per heavy atom. The molecule has 14 heavy (non-hydrogen) atoms. The molecule has 2 aliphatic rings. The second-order valence-corrected chi connectivity index (χ2v) is 3.67. The van der Waals surface area contributed by atoms with Crippen LogP contribution in [-0.4, -0.2) is 55.6 Å². The number of morpholine rings is 1. The van der Waals surface area contributed by atoms with Crippen molar-refractivity contribution in [1.29, 1.82) is 0 Å². The highest BCUT2D eigenvalue weighted by molar-refractivity contribution is 5.04. The first-order valence-corrected chi connectivity index (χ1v) is 5.17. The Morgan fingerprint density at radius 3 is 2.79 bits per heavy atom. The first-order chi connectivity index (χ1) is 6.86. The normalized spacial score (nSPS) is 25.6. The van der Waals surface area contributed by atoms with Gasteiger partial charge in [-0.25, -0.2) is 0 Å². The fourth-order valence-electron chi connectivity index (χ4n) is 1.79. The molecule has 0 bridgehead atoms. The lowest BCUT2D eigenvalue weighted by atomic mass is 10.2. The second kappa shape index (κ2) is 4.77. The van der Waals surface area contributed by atoms with Crippen molar-refractivity contribution in [3.05, 3.63) is 11.8 Å². The first kappa shape index (κ1) is 9.96. The molecule has 0 aromatic carbocycles. The molecule has 2 aliphatic heterocycles. The molecule has 4 nitrogen and oxygen atoms in total. The maximum absolute atomic E-state index is 9.83. The third-order valence-corrected chi connectivity index (χ3v) is 2.60. The fraction of sp³-hybridized carbons (Fsp3) is 0.800. The van der Waals surface area contributed by atoms with Gasteiger partial charge >= 0.3 is 0 Å². The molecule has 80 valence electrons. The summed E-state index contributed by atoms with van der Waals surface area (Å²) in [5.74, 6) is 0.747. The van der Waals surface area contributed by atoms with Crippen molar-refractivity contribution in [2.24, 2.45) is 0 Å². The molecule has 2 heterocycles. The van der Waals surface area contributed by atoms with Gasteiger partial charge in [-0.05, 0) is 6.08 Å². The van der Waals surface area contributed by atoms with Crippen LogP contribution in [-0.2, 0) is 9.47 Å². The predicted molar refractivity (Wildman–Crippen MR) is 51.9 cm³/mol. The molecule has 0 radical (unpaired) electrons. The van der Waals surface area contributed by atoms with Crippen molar-refractivity contribution >= 4 is 0 Å². The van der Waals surface area contributed by atoms with E-state index in [1.165, 1.54) is 0 Å². The lowest BCUT2D eigenvalue weighted by Crippen LogP contribution is -2.41. The van der Waals surface area contributed by atoms with E-state index in [-0.39, 0.29) is 0 Å². The van der Waals surface area contributed by atoms with Gasteiger partial charge in [-0.1, -0.05) is 0 Å². The van der Waals surface area contributed by atoms with E-state index in [2.05, 4.69) is 4.90 Å². The standard InChI is InChI=1S/C10H17NO3/c12-9(10-2-1-5-14-10)8-11-3-6-13-7-4-11/h2,9,12H,1,3-8H2. The molecule has 2 rings (SSSR count). The zero-order valence-electron chi connectivity index (χ0n) is 8.32. The lowest BCUT2D eigenvalue weighted by molar-refractivity contribution is 0.0111. The summed E-state index contributed by atoms with van der Waals surface area (Å²) in [6.45, 7) is 4.73. The van der Waals surface area contributed by atoms with Crippen LogP contribution in [0.4, 0.5) is 0 Å². The summed E-state index contributed by atoms with van der Waals surface area (Å²) in [5.41, 5.74) is 0. The number of nitrogens with zero attached hydrogens (tertiary/aromatic N) is 1. The first-order valence-electron chi connectivity index (χ1n) is 5.17. The maximum atomic E-state index is 9.83. The number of hydrogen-bond donors (Lipinski definition) is 1. The van der Waals surface area contributed by atoms with Crippen LogP contribution in [0.2, 0.25) is 0 Å². The topological polar surface area (TPSA) is 41.9 Å². The third-order valence-electron chi connectivity index (χ3n) is 2.60. The minimum atomic E-state index is -0.462. The number of β-amino-alcohol motifs (C(OH)–C–C–N with tert-alkyl or cyclic N) is 1. The van der Waals surface area contributed by atoms with Gasteiger partial charge in [-0.2, -0.15) is 0 Å². The summed E-state index contributed by atoms with van der Waals surface area (Å²) in [6.07, 6.45) is 2.44. The Balaban J connectivity index is 1.77.